The molecule has 0 saturated carbocycles. The van der Waals surface area contributed by atoms with Crippen LogP contribution in [0.25, 0.3) is 0 Å². The number of carbonyl (C=O) groups excluding carboxylic acids is 3. The molecule has 3 aromatic carbocycles. The summed E-state index contributed by atoms with van der Waals surface area (Å²) < 4.78 is 0. The van der Waals surface area contributed by atoms with Crippen LogP contribution in [0.1, 0.15) is 45.9 Å². The predicted molar refractivity (Wildman–Crippen MR) is 118 cm³/mol. The zero-order chi connectivity index (χ0) is 21.6. The molecule has 1 aliphatic rings. The Kier molecular flexibility index (Phi) is 6.22. The van der Waals surface area contributed by atoms with E-state index in [-0.39, 0.29) is 43.1 Å². The smallest absolute Gasteiger partial charge is 0.251 e. The lowest BCUT2D eigenvalue weighted by atomic mass is 9.98. The number of nitrogens with zero attached hydrogens (tertiary/aromatic N) is 1. The minimum Gasteiger partial charge on any atom is -0.345 e. The number of rotatable bonds is 7. The molecular weight excluding hydrogens is 388 g/mol. The fourth-order valence-corrected chi connectivity index (χ4v) is 3.77. The van der Waals surface area contributed by atoms with Crippen molar-refractivity contribution >= 4 is 17.7 Å². The summed E-state index contributed by atoms with van der Waals surface area (Å²) in [4.78, 5) is 37.8. The highest BCUT2D eigenvalue weighted by molar-refractivity contribution is 6.01. The highest BCUT2D eigenvalue weighted by Crippen LogP contribution is 2.20. The van der Waals surface area contributed by atoms with E-state index in [0.717, 1.165) is 16.7 Å². The van der Waals surface area contributed by atoms with Gasteiger partial charge in [-0.2, -0.15) is 0 Å². The first-order chi connectivity index (χ1) is 15.1. The average Bonchev–Trinajstić information content (AvgIpc) is 3.12. The van der Waals surface area contributed by atoms with Crippen molar-refractivity contribution in [1.29, 1.82) is 0 Å². The van der Waals surface area contributed by atoms with Gasteiger partial charge in [0.1, 0.15) is 0 Å². The Balaban J connectivity index is 1.46. The van der Waals surface area contributed by atoms with E-state index in [2.05, 4.69) is 17.4 Å². The Morgan fingerprint density at radius 1 is 0.774 bits per heavy atom. The van der Waals surface area contributed by atoms with Gasteiger partial charge in [-0.05, 0) is 35.2 Å². The standard InChI is InChI=1S/C26H24N2O3/c29-24-15-16-25(30)28(24)18-20-11-13-22(14-12-20)26(31)27-23(21-9-5-2-6-10-21)17-19-7-3-1-4-8-19/h1-14,23H,15-18H2,(H,27,31). The number of hydrogen-bond donors (Lipinski definition) is 1. The van der Waals surface area contributed by atoms with Gasteiger partial charge in [0.25, 0.3) is 5.91 Å². The van der Waals surface area contributed by atoms with Gasteiger partial charge >= 0.3 is 0 Å². The number of nitrogens with one attached hydrogen (secondary N) is 1. The van der Waals surface area contributed by atoms with E-state index in [1.807, 2.05) is 48.5 Å². The van der Waals surface area contributed by atoms with Crippen LogP contribution >= 0.6 is 0 Å². The van der Waals surface area contributed by atoms with Crippen molar-refractivity contribution in [2.45, 2.75) is 31.8 Å². The van der Waals surface area contributed by atoms with E-state index in [4.69, 9.17) is 0 Å². The summed E-state index contributed by atoms with van der Waals surface area (Å²) in [6.45, 7) is 0.250. The summed E-state index contributed by atoms with van der Waals surface area (Å²) in [5.74, 6) is -0.443. The van der Waals surface area contributed by atoms with Crippen LogP contribution in [0.4, 0.5) is 0 Å². The molecule has 156 valence electrons. The van der Waals surface area contributed by atoms with Gasteiger partial charge in [-0.15, -0.1) is 0 Å². The van der Waals surface area contributed by atoms with E-state index < -0.39 is 0 Å². The maximum atomic E-state index is 12.9. The predicted octanol–water partition coefficient (Wildman–Crippen LogP) is 4.05. The number of amides is 3. The lowest BCUT2D eigenvalue weighted by molar-refractivity contribution is -0.139. The van der Waals surface area contributed by atoms with Crippen molar-refractivity contribution in [3.63, 3.8) is 0 Å². The number of likely N-dealkylation sites (tertiary alicyclic amines) is 1. The van der Waals surface area contributed by atoms with Crippen molar-refractivity contribution < 1.29 is 14.4 Å². The molecule has 1 N–H and O–H groups in total. The molecule has 4 rings (SSSR count). The van der Waals surface area contributed by atoms with Crippen LogP contribution in [0.15, 0.2) is 84.9 Å². The summed E-state index contributed by atoms with van der Waals surface area (Å²) in [6, 6.07) is 26.9. The topological polar surface area (TPSA) is 66.5 Å². The largest absolute Gasteiger partial charge is 0.345 e. The van der Waals surface area contributed by atoms with Gasteiger partial charge in [-0.25, -0.2) is 0 Å². The van der Waals surface area contributed by atoms with Crippen molar-refractivity contribution in [3.8, 4) is 0 Å². The number of benzene rings is 3. The molecule has 0 aromatic heterocycles. The maximum absolute atomic E-state index is 12.9. The summed E-state index contributed by atoms with van der Waals surface area (Å²) in [6.07, 6.45) is 1.25. The third-order valence-corrected chi connectivity index (χ3v) is 5.50. The van der Waals surface area contributed by atoms with E-state index in [0.29, 0.717) is 12.0 Å². The van der Waals surface area contributed by atoms with Crippen LogP contribution in [0.3, 0.4) is 0 Å². The van der Waals surface area contributed by atoms with Gasteiger partial charge < -0.3 is 5.32 Å². The minimum absolute atomic E-state index is 0.140. The molecular formula is C26H24N2O3. The third kappa shape index (κ3) is 5.07. The van der Waals surface area contributed by atoms with E-state index >= 15 is 0 Å². The maximum Gasteiger partial charge on any atom is 0.251 e. The van der Waals surface area contributed by atoms with E-state index in [1.165, 1.54) is 4.90 Å². The number of hydrogen-bond acceptors (Lipinski definition) is 3. The lowest BCUT2D eigenvalue weighted by Gasteiger charge is -2.20. The lowest BCUT2D eigenvalue weighted by Crippen LogP contribution is -2.30. The second-order valence-corrected chi connectivity index (χ2v) is 7.70. The zero-order valence-corrected chi connectivity index (χ0v) is 17.2. The normalized spacial score (nSPS) is 14.5. The quantitative estimate of drug-likeness (QED) is 0.596. The molecule has 31 heavy (non-hydrogen) atoms. The summed E-state index contributed by atoms with van der Waals surface area (Å²) in [7, 11) is 0. The average molecular weight is 412 g/mol. The molecule has 1 atom stereocenters. The van der Waals surface area contributed by atoms with Gasteiger partial charge in [0, 0.05) is 18.4 Å². The third-order valence-electron chi connectivity index (χ3n) is 5.50. The molecule has 1 aliphatic heterocycles. The zero-order valence-electron chi connectivity index (χ0n) is 17.2. The summed E-state index contributed by atoms with van der Waals surface area (Å²) in [5.41, 5.74) is 3.55. The fraction of sp³-hybridized carbons (Fsp3) is 0.192. The van der Waals surface area contributed by atoms with Crippen LogP contribution in [0, 0.1) is 0 Å². The second-order valence-electron chi connectivity index (χ2n) is 7.70. The van der Waals surface area contributed by atoms with Gasteiger partial charge in [0.15, 0.2) is 0 Å². The molecule has 0 spiro atoms. The molecule has 0 radical (unpaired) electrons. The van der Waals surface area contributed by atoms with Gasteiger partial charge in [0.2, 0.25) is 11.8 Å². The van der Waals surface area contributed by atoms with Gasteiger partial charge in [0.05, 0.1) is 12.6 Å². The van der Waals surface area contributed by atoms with Crippen LogP contribution in [0.2, 0.25) is 0 Å². The molecule has 5 heteroatoms. The summed E-state index contributed by atoms with van der Waals surface area (Å²) >= 11 is 0. The molecule has 5 nitrogen and oxygen atoms in total. The Labute approximate surface area is 181 Å². The second kappa shape index (κ2) is 9.39. The summed E-state index contributed by atoms with van der Waals surface area (Å²) in [5, 5.41) is 3.15. The first kappa shape index (κ1) is 20.5. The Hall–Kier alpha value is -3.73. The first-order valence-corrected chi connectivity index (χ1v) is 10.4. The van der Waals surface area contributed by atoms with Crippen molar-refractivity contribution in [1.82, 2.24) is 10.2 Å². The number of imide groups is 1. The monoisotopic (exact) mass is 412 g/mol. The van der Waals surface area contributed by atoms with E-state index in [9.17, 15) is 14.4 Å². The van der Waals surface area contributed by atoms with Crippen molar-refractivity contribution in [2.75, 3.05) is 0 Å². The highest BCUT2D eigenvalue weighted by atomic mass is 16.2. The van der Waals surface area contributed by atoms with Crippen molar-refractivity contribution in [3.05, 3.63) is 107 Å². The Morgan fingerprint density at radius 2 is 1.35 bits per heavy atom. The minimum atomic E-state index is -0.162. The molecule has 1 saturated heterocycles. The van der Waals surface area contributed by atoms with Crippen LogP contribution in [-0.4, -0.2) is 22.6 Å². The van der Waals surface area contributed by atoms with Crippen LogP contribution in [-0.2, 0) is 22.6 Å². The first-order valence-electron chi connectivity index (χ1n) is 10.4. The van der Waals surface area contributed by atoms with E-state index in [1.54, 1.807) is 24.3 Å². The van der Waals surface area contributed by atoms with Crippen molar-refractivity contribution in [2.24, 2.45) is 0 Å². The molecule has 1 heterocycles. The Bertz CT molecular complexity index is 1050. The molecule has 0 bridgehead atoms. The SMILES string of the molecule is O=C(NC(Cc1ccccc1)c1ccccc1)c1ccc(CN2C(=O)CCC2=O)cc1. The molecule has 3 amide bonds. The van der Waals surface area contributed by atoms with Gasteiger partial charge in [-0.1, -0.05) is 72.8 Å². The fourth-order valence-electron chi connectivity index (χ4n) is 3.77. The molecule has 3 aromatic rings. The molecule has 1 fully saturated rings. The molecule has 1 unspecified atom stereocenters. The van der Waals surface area contributed by atoms with Gasteiger partial charge in [-0.3, -0.25) is 19.3 Å². The number of carbonyl (C=O) groups is 3. The van der Waals surface area contributed by atoms with Crippen LogP contribution < -0.4 is 5.32 Å². The van der Waals surface area contributed by atoms with Crippen LogP contribution in [0.5, 0.6) is 0 Å². The highest BCUT2D eigenvalue weighted by Gasteiger charge is 2.28. The Morgan fingerprint density at radius 3 is 1.97 bits per heavy atom. The molecule has 0 aliphatic carbocycles.